The van der Waals surface area contributed by atoms with Crippen molar-refractivity contribution in [3.8, 4) is 0 Å². The topological polar surface area (TPSA) is 43.8 Å². The number of hydrogen-bond acceptors (Lipinski definition) is 2. The molecule has 0 saturated heterocycles. The molecule has 1 aromatic heterocycles. The molecule has 1 aromatic rings. The Morgan fingerprint density at radius 1 is 1.44 bits per heavy atom. The SMILES string of the molecule is Cc1nn(CC(CN)C(F)(F)F)c(C)c1Br. The third-order valence-corrected chi connectivity index (χ3v) is 3.58. The van der Waals surface area contributed by atoms with Gasteiger partial charge in [0.15, 0.2) is 0 Å². The van der Waals surface area contributed by atoms with Crippen LogP contribution in [0.2, 0.25) is 0 Å². The number of nitrogens with two attached hydrogens (primary N) is 1. The second-order valence-corrected chi connectivity index (χ2v) is 4.43. The van der Waals surface area contributed by atoms with Crippen LogP contribution in [0.25, 0.3) is 0 Å². The normalized spacial score (nSPS) is 14.2. The third-order valence-electron chi connectivity index (χ3n) is 2.43. The molecule has 1 heterocycles. The quantitative estimate of drug-likeness (QED) is 0.931. The van der Waals surface area contributed by atoms with E-state index in [4.69, 9.17) is 5.73 Å². The monoisotopic (exact) mass is 299 g/mol. The highest BCUT2D eigenvalue weighted by atomic mass is 79.9. The average Bonchev–Trinajstić information content (AvgIpc) is 2.40. The second-order valence-electron chi connectivity index (χ2n) is 3.64. The van der Waals surface area contributed by atoms with Gasteiger partial charge in [0, 0.05) is 12.2 Å². The van der Waals surface area contributed by atoms with Crippen molar-refractivity contribution >= 4 is 15.9 Å². The molecule has 0 radical (unpaired) electrons. The highest BCUT2D eigenvalue weighted by Crippen LogP contribution is 2.28. The van der Waals surface area contributed by atoms with Gasteiger partial charge in [0.2, 0.25) is 0 Å². The first-order valence-corrected chi connectivity index (χ1v) is 5.53. The number of rotatable bonds is 3. The Morgan fingerprint density at radius 3 is 2.31 bits per heavy atom. The first-order valence-electron chi connectivity index (χ1n) is 4.73. The van der Waals surface area contributed by atoms with E-state index in [0.29, 0.717) is 11.4 Å². The minimum absolute atomic E-state index is 0.238. The fourth-order valence-electron chi connectivity index (χ4n) is 1.37. The summed E-state index contributed by atoms with van der Waals surface area (Å²) in [6.45, 7) is 2.78. The van der Waals surface area contributed by atoms with Crippen LogP contribution in [-0.4, -0.2) is 22.5 Å². The van der Waals surface area contributed by atoms with Crippen molar-refractivity contribution in [2.45, 2.75) is 26.6 Å². The lowest BCUT2D eigenvalue weighted by Gasteiger charge is -2.18. The third kappa shape index (κ3) is 2.76. The molecule has 2 N–H and O–H groups in total. The molecule has 0 aliphatic rings. The summed E-state index contributed by atoms with van der Waals surface area (Å²) < 4.78 is 39.6. The summed E-state index contributed by atoms with van der Waals surface area (Å²) in [7, 11) is 0. The number of nitrogens with zero attached hydrogens (tertiary/aromatic N) is 2. The maximum absolute atomic E-state index is 12.5. The van der Waals surface area contributed by atoms with Gasteiger partial charge < -0.3 is 5.73 Å². The zero-order valence-electron chi connectivity index (χ0n) is 8.98. The van der Waals surface area contributed by atoms with Crippen LogP contribution in [0, 0.1) is 19.8 Å². The number of aromatic nitrogens is 2. The number of alkyl halides is 3. The van der Waals surface area contributed by atoms with E-state index in [-0.39, 0.29) is 6.54 Å². The van der Waals surface area contributed by atoms with Crippen molar-refractivity contribution in [2.24, 2.45) is 11.7 Å². The van der Waals surface area contributed by atoms with Crippen molar-refractivity contribution < 1.29 is 13.2 Å². The fourth-order valence-corrected chi connectivity index (χ4v) is 1.66. The summed E-state index contributed by atoms with van der Waals surface area (Å²) in [6, 6.07) is 0. The molecule has 0 aliphatic carbocycles. The molecular formula is C9H13BrF3N3. The molecule has 0 fully saturated rings. The van der Waals surface area contributed by atoms with E-state index in [0.717, 1.165) is 4.47 Å². The summed E-state index contributed by atoms with van der Waals surface area (Å²) in [5.74, 6) is -1.56. The van der Waals surface area contributed by atoms with E-state index in [9.17, 15) is 13.2 Å². The molecule has 0 amide bonds. The molecular weight excluding hydrogens is 287 g/mol. The zero-order chi connectivity index (χ0) is 12.5. The van der Waals surface area contributed by atoms with Crippen LogP contribution in [0.3, 0.4) is 0 Å². The molecule has 1 unspecified atom stereocenters. The minimum atomic E-state index is -4.28. The molecule has 1 rings (SSSR count). The maximum atomic E-state index is 12.5. The molecule has 0 aliphatic heterocycles. The van der Waals surface area contributed by atoms with Crippen LogP contribution in [0.4, 0.5) is 13.2 Å². The van der Waals surface area contributed by atoms with Gasteiger partial charge in [0.05, 0.1) is 22.6 Å². The Morgan fingerprint density at radius 2 is 2.00 bits per heavy atom. The standard InChI is InChI=1S/C9H13BrF3N3/c1-5-8(10)6(2)16(15-5)4-7(3-14)9(11,12)13/h7H,3-4,14H2,1-2H3. The first-order chi connectivity index (χ1) is 7.27. The van der Waals surface area contributed by atoms with Crippen LogP contribution in [0.15, 0.2) is 4.47 Å². The van der Waals surface area contributed by atoms with Gasteiger partial charge in [-0.15, -0.1) is 0 Å². The van der Waals surface area contributed by atoms with Crippen LogP contribution in [0.5, 0.6) is 0 Å². The molecule has 1 atom stereocenters. The second kappa shape index (κ2) is 4.75. The predicted molar refractivity (Wildman–Crippen MR) is 58.0 cm³/mol. The molecule has 0 saturated carbocycles. The van der Waals surface area contributed by atoms with Crippen LogP contribution in [0.1, 0.15) is 11.4 Å². The van der Waals surface area contributed by atoms with Crippen LogP contribution >= 0.6 is 15.9 Å². The molecule has 0 aromatic carbocycles. The number of halogens is 4. The first kappa shape index (κ1) is 13.5. The van der Waals surface area contributed by atoms with E-state index < -0.39 is 18.6 Å². The van der Waals surface area contributed by atoms with E-state index in [1.54, 1.807) is 13.8 Å². The van der Waals surface area contributed by atoms with E-state index in [1.807, 2.05) is 0 Å². The lowest BCUT2D eigenvalue weighted by Crippen LogP contribution is -2.34. The highest BCUT2D eigenvalue weighted by molar-refractivity contribution is 9.10. The Labute approximate surface area is 99.9 Å². The molecule has 92 valence electrons. The van der Waals surface area contributed by atoms with Gasteiger partial charge in [-0.3, -0.25) is 4.68 Å². The Bertz CT molecular complexity index is 373. The van der Waals surface area contributed by atoms with Crippen molar-refractivity contribution in [3.63, 3.8) is 0 Å². The van der Waals surface area contributed by atoms with Gasteiger partial charge in [-0.25, -0.2) is 0 Å². The van der Waals surface area contributed by atoms with Gasteiger partial charge in [-0.05, 0) is 29.8 Å². The summed E-state index contributed by atoms with van der Waals surface area (Å²) in [4.78, 5) is 0. The number of aryl methyl sites for hydroxylation is 1. The van der Waals surface area contributed by atoms with Crippen molar-refractivity contribution in [1.29, 1.82) is 0 Å². The Balaban J connectivity index is 2.91. The molecule has 0 spiro atoms. The average molecular weight is 300 g/mol. The van der Waals surface area contributed by atoms with Gasteiger partial charge in [-0.1, -0.05) is 0 Å². The molecule has 7 heteroatoms. The van der Waals surface area contributed by atoms with Gasteiger partial charge in [0.1, 0.15) is 0 Å². The fraction of sp³-hybridized carbons (Fsp3) is 0.667. The lowest BCUT2D eigenvalue weighted by molar-refractivity contribution is -0.175. The van der Waals surface area contributed by atoms with Crippen molar-refractivity contribution in [1.82, 2.24) is 9.78 Å². The van der Waals surface area contributed by atoms with E-state index in [1.165, 1.54) is 4.68 Å². The molecule has 3 nitrogen and oxygen atoms in total. The highest BCUT2D eigenvalue weighted by Gasteiger charge is 2.39. The smallest absolute Gasteiger partial charge is 0.330 e. The summed E-state index contributed by atoms with van der Waals surface area (Å²) in [6.07, 6.45) is -4.28. The maximum Gasteiger partial charge on any atom is 0.394 e. The summed E-state index contributed by atoms with van der Waals surface area (Å²) >= 11 is 3.27. The number of hydrogen-bond donors (Lipinski definition) is 1. The van der Waals surface area contributed by atoms with Gasteiger partial charge in [0.25, 0.3) is 0 Å². The van der Waals surface area contributed by atoms with Crippen molar-refractivity contribution in [2.75, 3.05) is 6.54 Å². The van der Waals surface area contributed by atoms with Gasteiger partial charge in [-0.2, -0.15) is 18.3 Å². The zero-order valence-corrected chi connectivity index (χ0v) is 10.6. The summed E-state index contributed by atoms with van der Waals surface area (Å²) in [5.41, 5.74) is 6.49. The van der Waals surface area contributed by atoms with E-state index in [2.05, 4.69) is 21.0 Å². The lowest BCUT2D eigenvalue weighted by atomic mass is 10.1. The predicted octanol–water partition coefficient (Wildman–Crippen LogP) is 2.40. The molecule has 0 bridgehead atoms. The summed E-state index contributed by atoms with van der Waals surface area (Å²) in [5, 5.41) is 4.03. The van der Waals surface area contributed by atoms with Crippen LogP contribution < -0.4 is 5.73 Å². The van der Waals surface area contributed by atoms with Crippen LogP contribution in [-0.2, 0) is 6.54 Å². The van der Waals surface area contributed by atoms with E-state index >= 15 is 0 Å². The Hall–Kier alpha value is -0.560. The van der Waals surface area contributed by atoms with Crippen molar-refractivity contribution in [3.05, 3.63) is 15.9 Å². The molecule has 16 heavy (non-hydrogen) atoms. The minimum Gasteiger partial charge on any atom is -0.330 e. The van der Waals surface area contributed by atoms with Gasteiger partial charge >= 0.3 is 6.18 Å². The Kier molecular flexibility index (Phi) is 4.01. The largest absolute Gasteiger partial charge is 0.394 e.